The van der Waals surface area contributed by atoms with Gasteiger partial charge in [0.05, 0.1) is 33.6 Å². The van der Waals surface area contributed by atoms with Crippen molar-refractivity contribution in [1.82, 2.24) is 14.7 Å². The zero-order valence-electron chi connectivity index (χ0n) is 15.8. The minimum atomic E-state index is -3.75. The summed E-state index contributed by atoms with van der Waals surface area (Å²) in [5.74, 6) is -0.0397. The highest BCUT2D eigenvalue weighted by Gasteiger charge is 2.20. The smallest absolute Gasteiger partial charge is 0.257 e. The van der Waals surface area contributed by atoms with E-state index in [2.05, 4.69) is 20.0 Å². The molecule has 0 radical (unpaired) electrons. The van der Waals surface area contributed by atoms with Gasteiger partial charge < -0.3 is 5.32 Å². The van der Waals surface area contributed by atoms with E-state index in [1.165, 1.54) is 30.6 Å². The third kappa shape index (κ3) is 5.17. The maximum absolute atomic E-state index is 12.6. The molecule has 0 atom stereocenters. The molecule has 0 fully saturated rings. The van der Waals surface area contributed by atoms with Crippen LogP contribution in [0.25, 0.3) is 11.4 Å². The Hall–Kier alpha value is -2.81. The summed E-state index contributed by atoms with van der Waals surface area (Å²) in [5.41, 5.74) is 1.24. The van der Waals surface area contributed by atoms with Crippen molar-refractivity contribution in [3.8, 4) is 11.4 Å². The summed E-state index contributed by atoms with van der Waals surface area (Å²) >= 11 is 6.11. The van der Waals surface area contributed by atoms with Crippen LogP contribution in [0.2, 0.25) is 5.02 Å². The lowest BCUT2D eigenvalue weighted by molar-refractivity contribution is 0.102. The van der Waals surface area contributed by atoms with E-state index in [1.54, 1.807) is 13.8 Å². The molecule has 3 rings (SSSR count). The van der Waals surface area contributed by atoms with E-state index < -0.39 is 15.9 Å². The van der Waals surface area contributed by atoms with Gasteiger partial charge in [-0.3, -0.25) is 4.79 Å². The summed E-state index contributed by atoms with van der Waals surface area (Å²) in [6.45, 7) is 3.42. The zero-order valence-corrected chi connectivity index (χ0v) is 17.3. The Labute approximate surface area is 174 Å². The van der Waals surface area contributed by atoms with Crippen molar-refractivity contribution in [3.63, 3.8) is 0 Å². The van der Waals surface area contributed by atoms with E-state index in [0.29, 0.717) is 11.5 Å². The Morgan fingerprint density at radius 1 is 1.03 bits per heavy atom. The topological polar surface area (TPSA) is 101 Å². The first-order valence-corrected chi connectivity index (χ1v) is 10.6. The van der Waals surface area contributed by atoms with Crippen LogP contribution in [0.3, 0.4) is 0 Å². The average Bonchev–Trinajstić information content (AvgIpc) is 2.68. The van der Waals surface area contributed by atoms with Crippen LogP contribution < -0.4 is 10.0 Å². The molecule has 2 N–H and O–H groups in total. The Kier molecular flexibility index (Phi) is 6.26. The predicted molar refractivity (Wildman–Crippen MR) is 112 cm³/mol. The number of carbonyl (C=O) groups is 1. The molecule has 9 heteroatoms. The van der Waals surface area contributed by atoms with Gasteiger partial charge in [-0.1, -0.05) is 41.9 Å². The number of amides is 1. The van der Waals surface area contributed by atoms with E-state index in [0.717, 1.165) is 5.56 Å². The van der Waals surface area contributed by atoms with Crippen molar-refractivity contribution in [2.24, 2.45) is 0 Å². The van der Waals surface area contributed by atoms with Gasteiger partial charge in [-0.25, -0.2) is 23.1 Å². The maximum atomic E-state index is 12.6. The quantitative estimate of drug-likeness (QED) is 0.620. The number of anilines is 1. The molecule has 0 bridgehead atoms. The molecule has 1 aromatic heterocycles. The molecule has 0 saturated heterocycles. The molecule has 2 aromatic carbocycles. The normalized spacial score (nSPS) is 11.4. The van der Waals surface area contributed by atoms with Gasteiger partial charge in [-0.2, -0.15) is 0 Å². The Morgan fingerprint density at radius 2 is 1.69 bits per heavy atom. The highest BCUT2D eigenvalue weighted by Crippen LogP contribution is 2.22. The monoisotopic (exact) mass is 430 g/mol. The van der Waals surface area contributed by atoms with Crippen molar-refractivity contribution in [2.45, 2.75) is 24.8 Å². The summed E-state index contributed by atoms with van der Waals surface area (Å²) in [4.78, 5) is 21.1. The molecule has 0 saturated carbocycles. The molecule has 0 spiro atoms. The molecule has 7 nitrogen and oxygen atoms in total. The number of aromatic nitrogens is 2. The summed E-state index contributed by atoms with van der Waals surface area (Å²) in [7, 11) is -3.75. The van der Waals surface area contributed by atoms with Crippen molar-refractivity contribution < 1.29 is 13.2 Å². The number of hydrogen-bond donors (Lipinski definition) is 2. The first kappa shape index (κ1) is 20.9. The minimum Gasteiger partial charge on any atom is -0.319 e. The molecular formula is C20H19ClN4O3S. The number of benzene rings is 2. The van der Waals surface area contributed by atoms with Gasteiger partial charge in [0.1, 0.15) is 0 Å². The number of hydrogen-bond acceptors (Lipinski definition) is 5. The van der Waals surface area contributed by atoms with E-state index in [1.807, 2.05) is 30.3 Å². The summed E-state index contributed by atoms with van der Waals surface area (Å²) < 4.78 is 27.2. The van der Waals surface area contributed by atoms with Crippen molar-refractivity contribution >= 4 is 33.2 Å². The molecule has 0 aliphatic rings. The molecule has 0 aliphatic heterocycles. The van der Waals surface area contributed by atoms with Crippen LogP contribution >= 0.6 is 11.6 Å². The van der Waals surface area contributed by atoms with E-state index >= 15 is 0 Å². The fourth-order valence-corrected chi connectivity index (χ4v) is 4.03. The molecular weight excluding hydrogens is 412 g/mol. The van der Waals surface area contributed by atoms with E-state index in [4.69, 9.17) is 11.6 Å². The van der Waals surface area contributed by atoms with Crippen LogP contribution in [0.1, 0.15) is 24.2 Å². The third-order valence-corrected chi connectivity index (χ3v) is 5.81. The Balaban J connectivity index is 1.81. The largest absolute Gasteiger partial charge is 0.319 e. The number of rotatable bonds is 6. The number of nitrogens with zero attached hydrogens (tertiary/aromatic N) is 2. The van der Waals surface area contributed by atoms with Gasteiger partial charge in [0, 0.05) is 11.6 Å². The van der Waals surface area contributed by atoms with Crippen molar-refractivity contribution in [1.29, 1.82) is 0 Å². The van der Waals surface area contributed by atoms with Gasteiger partial charge in [-0.05, 0) is 32.0 Å². The first-order chi connectivity index (χ1) is 13.8. The number of sulfonamides is 1. The van der Waals surface area contributed by atoms with E-state index in [9.17, 15) is 13.2 Å². The van der Waals surface area contributed by atoms with Crippen LogP contribution in [-0.2, 0) is 10.0 Å². The second kappa shape index (κ2) is 8.69. The van der Waals surface area contributed by atoms with Gasteiger partial charge >= 0.3 is 0 Å². The Morgan fingerprint density at radius 3 is 2.31 bits per heavy atom. The molecule has 1 amide bonds. The average molecular weight is 431 g/mol. The van der Waals surface area contributed by atoms with Crippen LogP contribution in [0.15, 0.2) is 65.8 Å². The predicted octanol–water partition coefficient (Wildman–Crippen LogP) is 3.74. The molecule has 3 aromatic rings. The maximum Gasteiger partial charge on any atom is 0.257 e. The van der Waals surface area contributed by atoms with Crippen LogP contribution in [0.4, 0.5) is 5.69 Å². The van der Waals surface area contributed by atoms with Gasteiger partial charge in [0.25, 0.3) is 5.91 Å². The lowest BCUT2D eigenvalue weighted by Crippen LogP contribution is -2.30. The van der Waals surface area contributed by atoms with Crippen LogP contribution in [0, 0.1) is 0 Å². The van der Waals surface area contributed by atoms with Gasteiger partial charge in [0.2, 0.25) is 10.0 Å². The summed E-state index contributed by atoms with van der Waals surface area (Å²) in [6.07, 6.45) is 2.95. The van der Waals surface area contributed by atoms with Crippen LogP contribution in [-0.4, -0.2) is 30.3 Å². The second-order valence-electron chi connectivity index (χ2n) is 6.53. The highest BCUT2D eigenvalue weighted by molar-refractivity contribution is 7.89. The Bertz CT molecular complexity index is 1120. The molecule has 29 heavy (non-hydrogen) atoms. The third-order valence-electron chi connectivity index (χ3n) is 3.83. The van der Waals surface area contributed by atoms with Crippen LogP contribution in [0.5, 0.6) is 0 Å². The fourth-order valence-electron chi connectivity index (χ4n) is 2.55. The van der Waals surface area contributed by atoms with Crippen molar-refractivity contribution in [3.05, 3.63) is 71.5 Å². The highest BCUT2D eigenvalue weighted by atomic mass is 35.5. The van der Waals surface area contributed by atoms with Gasteiger partial charge in [0.15, 0.2) is 5.82 Å². The minimum absolute atomic E-state index is 0.0328. The van der Waals surface area contributed by atoms with E-state index in [-0.39, 0.29) is 21.5 Å². The second-order valence-corrected chi connectivity index (χ2v) is 8.65. The number of nitrogens with one attached hydrogen (secondary N) is 2. The standard InChI is InChI=1S/C20H19ClN4O3S/c1-13(2)25-29(27,28)16-8-9-18(21)17(10-16)20(26)24-15-11-22-19(23-12-15)14-6-4-3-5-7-14/h3-13,25H,1-2H3,(H,24,26). The number of carbonyl (C=O) groups excluding carboxylic acids is 1. The molecule has 0 unspecified atom stereocenters. The SMILES string of the molecule is CC(C)NS(=O)(=O)c1ccc(Cl)c(C(=O)Nc2cnc(-c3ccccc3)nc2)c1. The first-order valence-electron chi connectivity index (χ1n) is 8.77. The zero-order chi connectivity index (χ0) is 21.0. The lowest BCUT2D eigenvalue weighted by Gasteiger charge is -2.12. The van der Waals surface area contributed by atoms with Crippen molar-refractivity contribution in [2.75, 3.05) is 5.32 Å². The molecule has 1 heterocycles. The molecule has 150 valence electrons. The molecule has 0 aliphatic carbocycles. The summed E-state index contributed by atoms with van der Waals surface area (Å²) in [5, 5.41) is 2.77. The summed E-state index contributed by atoms with van der Waals surface area (Å²) in [6, 6.07) is 13.1. The van der Waals surface area contributed by atoms with Gasteiger partial charge in [-0.15, -0.1) is 0 Å². The fraction of sp³-hybridized carbons (Fsp3) is 0.150. The number of halogens is 1. The lowest BCUT2D eigenvalue weighted by atomic mass is 10.2.